The van der Waals surface area contributed by atoms with Gasteiger partial charge in [-0.15, -0.1) is 6.58 Å². The van der Waals surface area contributed by atoms with Crippen LogP contribution >= 0.6 is 0 Å². The van der Waals surface area contributed by atoms with Crippen LogP contribution in [0.1, 0.15) is 21.6 Å². The molecule has 0 radical (unpaired) electrons. The van der Waals surface area contributed by atoms with Gasteiger partial charge in [0.05, 0.1) is 7.11 Å². The Hall–Kier alpha value is -2.90. The van der Waals surface area contributed by atoms with Crippen LogP contribution in [0.3, 0.4) is 0 Å². The van der Waals surface area contributed by atoms with Crippen LogP contribution in [0.2, 0.25) is 0 Å². The van der Waals surface area contributed by atoms with Crippen molar-refractivity contribution in [3.63, 3.8) is 0 Å². The summed E-state index contributed by atoms with van der Waals surface area (Å²) in [7, 11) is 1.10. The third-order valence-corrected chi connectivity index (χ3v) is 3.28. The number of pyridine rings is 1. The number of anilines is 2. The van der Waals surface area contributed by atoms with Crippen LogP contribution in [-0.4, -0.2) is 18.1 Å². The summed E-state index contributed by atoms with van der Waals surface area (Å²) in [6.07, 6.45) is -2.90. The number of alkyl halides is 3. The van der Waals surface area contributed by atoms with Gasteiger partial charge in [0.1, 0.15) is 22.9 Å². The van der Waals surface area contributed by atoms with Gasteiger partial charge < -0.3 is 10.1 Å². The summed E-state index contributed by atoms with van der Waals surface area (Å²) < 4.78 is 56.7. The van der Waals surface area contributed by atoms with Crippen LogP contribution in [0.4, 0.5) is 29.1 Å². The minimum atomic E-state index is -4.68. The van der Waals surface area contributed by atoms with E-state index in [0.717, 1.165) is 19.2 Å². The number of nitrogens with one attached hydrogen (secondary N) is 1. The predicted octanol–water partition coefficient (Wildman–Crippen LogP) is 4.50. The number of allylic oxidation sites excluding steroid dienone is 1. The summed E-state index contributed by atoms with van der Waals surface area (Å²) in [5.74, 6) is -1.69. The molecule has 0 spiro atoms. The predicted molar refractivity (Wildman–Crippen MR) is 84.2 cm³/mol. The van der Waals surface area contributed by atoms with Crippen molar-refractivity contribution in [3.05, 3.63) is 65.6 Å². The van der Waals surface area contributed by atoms with Crippen molar-refractivity contribution in [2.45, 2.75) is 12.6 Å². The SMILES string of the molecule is C=CCc1cc(F)ccc1Nc1nc(C(F)(F)F)ccc1C(=O)OC. The maximum Gasteiger partial charge on any atom is 0.433 e. The molecule has 2 aromatic rings. The molecule has 132 valence electrons. The first-order valence-electron chi connectivity index (χ1n) is 7.09. The number of rotatable bonds is 5. The van der Waals surface area contributed by atoms with E-state index in [9.17, 15) is 22.4 Å². The molecule has 1 aromatic carbocycles. The average molecular weight is 354 g/mol. The quantitative estimate of drug-likeness (QED) is 0.488. The Bertz CT molecular complexity index is 804. The van der Waals surface area contributed by atoms with E-state index in [4.69, 9.17) is 0 Å². The molecule has 0 unspecified atom stereocenters. The van der Waals surface area contributed by atoms with E-state index < -0.39 is 23.7 Å². The molecule has 0 amide bonds. The zero-order valence-electron chi connectivity index (χ0n) is 13.2. The standard InChI is InChI=1S/C17H14F4N2O2/c1-3-4-10-9-11(18)5-7-13(10)22-15-12(16(24)25-2)6-8-14(23-15)17(19,20)21/h3,5-9H,1,4H2,2H3,(H,22,23). The van der Waals surface area contributed by atoms with E-state index in [1.807, 2.05) is 0 Å². The molecule has 0 atom stereocenters. The highest BCUT2D eigenvalue weighted by molar-refractivity contribution is 5.95. The van der Waals surface area contributed by atoms with Gasteiger partial charge in [-0.25, -0.2) is 14.2 Å². The van der Waals surface area contributed by atoms with Gasteiger partial charge in [-0.1, -0.05) is 6.08 Å². The van der Waals surface area contributed by atoms with Crippen molar-refractivity contribution in [1.29, 1.82) is 0 Å². The van der Waals surface area contributed by atoms with Gasteiger partial charge in [-0.3, -0.25) is 0 Å². The van der Waals surface area contributed by atoms with Gasteiger partial charge in [-0.2, -0.15) is 13.2 Å². The van der Waals surface area contributed by atoms with E-state index >= 15 is 0 Å². The van der Waals surface area contributed by atoms with Crippen LogP contribution in [0.5, 0.6) is 0 Å². The summed E-state index contributed by atoms with van der Waals surface area (Å²) >= 11 is 0. The Morgan fingerprint density at radius 2 is 2.04 bits per heavy atom. The maximum absolute atomic E-state index is 13.4. The lowest BCUT2D eigenvalue weighted by Crippen LogP contribution is -2.14. The summed E-state index contributed by atoms with van der Waals surface area (Å²) in [4.78, 5) is 15.3. The molecule has 1 heterocycles. The Morgan fingerprint density at radius 1 is 1.32 bits per heavy atom. The molecule has 0 bridgehead atoms. The van der Waals surface area contributed by atoms with Crippen molar-refractivity contribution < 1.29 is 27.1 Å². The molecule has 0 aliphatic rings. The lowest BCUT2D eigenvalue weighted by Gasteiger charge is -2.15. The number of nitrogens with zero attached hydrogens (tertiary/aromatic N) is 1. The summed E-state index contributed by atoms with van der Waals surface area (Å²) in [6.45, 7) is 3.55. The molecule has 0 aliphatic carbocycles. The lowest BCUT2D eigenvalue weighted by molar-refractivity contribution is -0.141. The zero-order chi connectivity index (χ0) is 18.6. The van der Waals surface area contributed by atoms with Crippen molar-refractivity contribution in [3.8, 4) is 0 Å². The van der Waals surface area contributed by atoms with Gasteiger partial charge >= 0.3 is 12.1 Å². The molecule has 1 N–H and O–H groups in total. The molecule has 0 aliphatic heterocycles. The number of carbonyl (C=O) groups is 1. The van der Waals surface area contributed by atoms with Crippen LogP contribution in [0, 0.1) is 5.82 Å². The second-order valence-corrected chi connectivity index (χ2v) is 5.00. The number of hydrogen-bond acceptors (Lipinski definition) is 4. The smallest absolute Gasteiger partial charge is 0.433 e. The molecule has 25 heavy (non-hydrogen) atoms. The highest BCUT2D eigenvalue weighted by Crippen LogP contribution is 2.31. The van der Waals surface area contributed by atoms with E-state index in [1.165, 1.54) is 18.2 Å². The van der Waals surface area contributed by atoms with E-state index in [2.05, 4.69) is 21.6 Å². The molecule has 0 saturated carbocycles. The maximum atomic E-state index is 13.4. The average Bonchev–Trinajstić information content (AvgIpc) is 2.56. The Labute approximate surface area is 141 Å². The van der Waals surface area contributed by atoms with E-state index in [1.54, 1.807) is 0 Å². The van der Waals surface area contributed by atoms with Crippen molar-refractivity contribution >= 4 is 17.5 Å². The summed E-state index contributed by atoms with van der Waals surface area (Å²) in [5, 5.41) is 2.65. The van der Waals surface area contributed by atoms with Crippen molar-refractivity contribution in [1.82, 2.24) is 4.98 Å². The third kappa shape index (κ3) is 4.34. The Morgan fingerprint density at radius 3 is 2.64 bits per heavy atom. The van der Waals surface area contributed by atoms with Crippen molar-refractivity contribution in [2.24, 2.45) is 0 Å². The molecule has 2 rings (SSSR count). The Kier molecular flexibility index (Phi) is 5.41. The van der Waals surface area contributed by atoms with Gasteiger partial charge in [0.25, 0.3) is 0 Å². The number of hydrogen-bond donors (Lipinski definition) is 1. The van der Waals surface area contributed by atoms with Crippen LogP contribution < -0.4 is 5.32 Å². The fourth-order valence-corrected chi connectivity index (χ4v) is 2.12. The minimum absolute atomic E-state index is 0.177. The van der Waals surface area contributed by atoms with Crippen LogP contribution in [0.25, 0.3) is 0 Å². The number of aromatic nitrogens is 1. The molecule has 0 fully saturated rings. The number of carbonyl (C=O) groups excluding carboxylic acids is 1. The minimum Gasteiger partial charge on any atom is -0.465 e. The van der Waals surface area contributed by atoms with Gasteiger partial charge in [0.15, 0.2) is 0 Å². The normalized spacial score (nSPS) is 11.1. The second kappa shape index (κ2) is 7.33. The van der Waals surface area contributed by atoms with Crippen LogP contribution in [0.15, 0.2) is 43.0 Å². The molecule has 8 heteroatoms. The van der Waals surface area contributed by atoms with Crippen molar-refractivity contribution in [2.75, 3.05) is 12.4 Å². The first-order chi connectivity index (χ1) is 11.8. The molecular weight excluding hydrogens is 340 g/mol. The first kappa shape index (κ1) is 18.4. The van der Waals surface area contributed by atoms with E-state index in [0.29, 0.717) is 17.3 Å². The number of ether oxygens (including phenoxy) is 1. The van der Waals surface area contributed by atoms with E-state index in [-0.39, 0.29) is 17.8 Å². The fraction of sp³-hybridized carbons (Fsp3) is 0.176. The van der Waals surface area contributed by atoms with Gasteiger partial charge in [-0.05, 0) is 42.3 Å². The monoisotopic (exact) mass is 354 g/mol. The fourth-order valence-electron chi connectivity index (χ4n) is 2.12. The highest BCUT2D eigenvalue weighted by atomic mass is 19.4. The first-order valence-corrected chi connectivity index (χ1v) is 7.09. The third-order valence-electron chi connectivity index (χ3n) is 3.28. The molecular formula is C17H14F4N2O2. The second-order valence-electron chi connectivity index (χ2n) is 5.00. The number of benzene rings is 1. The molecule has 1 aromatic heterocycles. The Balaban J connectivity index is 2.53. The number of methoxy groups -OCH3 is 1. The largest absolute Gasteiger partial charge is 0.465 e. The topological polar surface area (TPSA) is 51.2 Å². The number of halogens is 4. The van der Waals surface area contributed by atoms with Gasteiger partial charge in [0.2, 0.25) is 0 Å². The van der Waals surface area contributed by atoms with Crippen LogP contribution in [-0.2, 0) is 17.3 Å². The summed E-state index contributed by atoms with van der Waals surface area (Å²) in [6, 6.07) is 5.36. The van der Waals surface area contributed by atoms with Gasteiger partial charge in [0, 0.05) is 5.69 Å². The number of esters is 1. The zero-order valence-corrected chi connectivity index (χ0v) is 13.2. The lowest BCUT2D eigenvalue weighted by atomic mass is 10.1. The highest BCUT2D eigenvalue weighted by Gasteiger charge is 2.33. The molecule has 4 nitrogen and oxygen atoms in total. The molecule has 0 saturated heterocycles. The summed E-state index contributed by atoms with van der Waals surface area (Å²) in [5.41, 5.74) is -0.595.